The molecule has 1 heterocycles. The van der Waals surface area contributed by atoms with Crippen LogP contribution in [0.4, 0.5) is 10.5 Å². The van der Waals surface area contributed by atoms with E-state index in [1.54, 1.807) is 7.05 Å². The second-order valence-electron chi connectivity index (χ2n) is 7.76. The van der Waals surface area contributed by atoms with Crippen LogP contribution in [0.2, 0.25) is 0 Å². The van der Waals surface area contributed by atoms with E-state index < -0.39 is 6.09 Å². The number of fused-ring (bicyclic) bond motifs is 1. The zero-order valence-corrected chi connectivity index (χ0v) is 17.2. The number of alkyl carbamates (subject to hydrolysis) is 1. The zero-order chi connectivity index (χ0) is 20.9. The molecule has 2 aliphatic rings. The molecular formula is C24H28N4O2. The summed E-state index contributed by atoms with van der Waals surface area (Å²) in [6.07, 6.45) is 4.29. The van der Waals surface area contributed by atoms with Crippen LogP contribution in [0.3, 0.4) is 0 Å². The molecule has 6 heteroatoms. The van der Waals surface area contributed by atoms with Crippen LogP contribution < -0.4 is 16.5 Å². The number of nitrogens with two attached hydrogens (primary N) is 1. The first-order valence-corrected chi connectivity index (χ1v) is 10.5. The van der Waals surface area contributed by atoms with E-state index in [1.165, 1.54) is 0 Å². The lowest BCUT2D eigenvalue weighted by molar-refractivity contribution is 0.105. The van der Waals surface area contributed by atoms with Gasteiger partial charge in [0.15, 0.2) is 0 Å². The van der Waals surface area contributed by atoms with E-state index >= 15 is 0 Å². The Morgan fingerprint density at radius 3 is 2.50 bits per heavy atom. The molecule has 2 aromatic rings. The molecule has 0 radical (unpaired) electrons. The summed E-state index contributed by atoms with van der Waals surface area (Å²) < 4.78 is 5.88. The predicted octanol–water partition coefficient (Wildman–Crippen LogP) is 4.29. The second-order valence-corrected chi connectivity index (χ2v) is 7.76. The number of anilines is 1. The Kier molecular flexibility index (Phi) is 6.02. The number of amides is 1. The van der Waals surface area contributed by atoms with Crippen LogP contribution in [0.25, 0.3) is 5.70 Å². The fourth-order valence-corrected chi connectivity index (χ4v) is 4.33. The summed E-state index contributed by atoms with van der Waals surface area (Å²) in [5, 5.41) is 7.39. The molecule has 2 aromatic carbocycles. The number of carbonyl (C=O) groups is 1. The summed E-state index contributed by atoms with van der Waals surface area (Å²) in [5.74, 6) is 0.0695. The Labute approximate surface area is 177 Å². The first-order valence-electron chi connectivity index (χ1n) is 10.5. The highest BCUT2D eigenvalue weighted by Gasteiger charge is 2.36. The highest BCUT2D eigenvalue weighted by atomic mass is 16.6. The van der Waals surface area contributed by atoms with Crippen LogP contribution in [0, 0.1) is 5.92 Å². The lowest BCUT2D eigenvalue weighted by Gasteiger charge is -2.35. The average molecular weight is 405 g/mol. The van der Waals surface area contributed by atoms with Gasteiger partial charge in [-0.25, -0.2) is 4.79 Å². The summed E-state index contributed by atoms with van der Waals surface area (Å²) in [6, 6.07) is 18.0. The molecule has 1 aliphatic carbocycles. The van der Waals surface area contributed by atoms with Gasteiger partial charge in [-0.3, -0.25) is 5.43 Å². The first-order chi connectivity index (χ1) is 14.7. The molecule has 4 rings (SSSR count). The van der Waals surface area contributed by atoms with Crippen molar-refractivity contribution in [1.29, 1.82) is 0 Å². The van der Waals surface area contributed by atoms with Gasteiger partial charge < -0.3 is 15.8 Å². The highest BCUT2D eigenvalue weighted by molar-refractivity contribution is 6.06. The van der Waals surface area contributed by atoms with Gasteiger partial charge in [0, 0.05) is 24.2 Å². The van der Waals surface area contributed by atoms with Crippen molar-refractivity contribution in [3.63, 3.8) is 0 Å². The molecule has 0 aromatic heterocycles. The van der Waals surface area contributed by atoms with E-state index in [0.717, 1.165) is 65.9 Å². The molecule has 156 valence electrons. The van der Waals surface area contributed by atoms with Gasteiger partial charge in [-0.1, -0.05) is 55.3 Å². The van der Waals surface area contributed by atoms with Gasteiger partial charge in [0.2, 0.25) is 0 Å². The molecule has 1 saturated carbocycles. The van der Waals surface area contributed by atoms with E-state index in [4.69, 9.17) is 15.6 Å². The first kappa shape index (κ1) is 20.0. The minimum atomic E-state index is -0.407. The van der Waals surface area contributed by atoms with Crippen LogP contribution in [-0.2, 0) is 4.74 Å². The summed E-state index contributed by atoms with van der Waals surface area (Å²) in [6.45, 7) is 0. The minimum Gasteiger partial charge on any atom is -0.442 e. The average Bonchev–Trinajstić information content (AvgIpc) is 2.77. The van der Waals surface area contributed by atoms with E-state index in [2.05, 4.69) is 22.9 Å². The van der Waals surface area contributed by atoms with Crippen molar-refractivity contribution < 1.29 is 9.53 Å². The quantitative estimate of drug-likeness (QED) is 0.666. The van der Waals surface area contributed by atoms with Crippen LogP contribution in [0.1, 0.15) is 43.2 Å². The number of hydrogen-bond acceptors (Lipinski definition) is 5. The molecule has 2 unspecified atom stereocenters. The van der Waals surface area contributed by atoms with E-state index in [-0.39, 0.29) is 12.0 Å². The van der Waals surface area contributed by atoms with Gasteiger partial charge in [0.05, 0.1) is 11.4 Å². The maximum absolute atomic E-state index is 12.2. The molecule has 0 saturated heterocycles. The maximum atomic E-state index is 12.2. The second kappa shape index (κ2) is 9.03. The summed E-state index contributed by atoms with van der Waals surface area (Å²) >= 11 is 0. The van der Waals surface area contributed by atoms with Crippen LogP contribution in [0.15, 0.2) is 65.3 Å². The topological polar surface area (TPSA) is 88.7 Å². The Hall–Kier alpha value is -3.28. The van der Waals surface area contributed by atoms with Crippen LogP contribution in [0.5, 0.6) is 0 Å². The summed E-state index contributed by atoms with van der Waals surface area (Å²) in [7, 11) is 1.59. The molecule has 1 aliphatic heterocycles. The largest absolute Gasteiger partial charge is 0.442 e. The predicted molar refractivity (Wildman–Crippen MR) is 120 cm³/mol. The van der Waals surface area contributed by atoms with Gasteiger partial charge in [0.1, 0.15) is 6.10 Å². The molecule has 1 fully saturated rings. The molecular weight excluding hydrogens is 376 g/mol. The molecule has 0 spiro atoms. The van der Waals surface area contributed by atoms with Crippen molar-refractivity contribution >= 4 is 23.2 Å². The standard InChI is InChI=1S/C24H28N4O2/c1-26-24(29)30-20-11-7-3-6-10-19-21(20)23(16-8-4-2-5-9-16)28-27-22(19)17-12-14-18(25)15-13-17/h2,4-5,8-9,12-15,19-20,28H,3,6-7,10-11,25H2,1H3,(H,26,29). The van der Waals surface area contributed by atoms with Crippen molar-refractivity contribution in [2.75, 3.05) is 12.8 Å². The van der Waals surface area contributed by atoms with Gasteiger partial charge in [-0.15, -0.1) is 0 Å². The van der Waals surface area contributed by atoms with Crippen LogP contribution >= 0.6 is 0 Å². The molecule has 0 bridgehead atoms. The molecule has 1 amide bonds. The zero-order valence-electron chi connectivity index (χ0n) is 17.2. The number of hydrogen-bond donors (Lipinski definition) is 3. The summed E-state index contributed by atoms with van der Waals surface area (Å²) in [4.78, 5) is 12.2. The summed E-state index contributed by atoms with van der Waals surface area (Å²) in [5.41, 5.74) is 15.0. The third kappa shape index (κ3) is 4.17. The molecule has 30 heavy (non-hydrogen) atoms. The third-order valence-electron chi connectivity index (χ3n) is 5.81. The highest BCUT2D eigenvalue weighted by Crippen LogP contribution is 2.38. The number of ether oxygens (including phenoxy) is 1. The van der Waals surface area contributed by atoms with Crippen molar-refractivity contribution in [3.8, 4) is 0 Å². The normalized spacial score (nSPS) is 21.4. The monoisotopic (exact) mass is 404 g/mol. The van der Waals surface area contributed by atoms with Gasteiger partial charge in [0.25, 0.3) is 0 Å². The number of benzene rings is 2. The smallest absolute Gasteiger partial charge is 0.407 e. The van der Waals surface area contributed by atoms with E-state index in [9.17, 15) is 4.79 Å². The fourth-order valence-electron chi connectivity index (χ4n) is 4.33. The van der Waals surface area contributed by atoms with Crippen molar-refractivity contribution in [1.82, 2.24) is 10.7 Å². The Morgan fingerprint density at radius 1 is 1.03 bits per heavy atom. The van der Waals surface area contributed by atoms with Crippen molar-refractivity contribution in [2.45, 2.75) is 38.2 Å². The third-order valence-corrected chi connectivity index (χ3v) is 5.81. The van der Waals surface area contributed by atoms with Gasteiger partial charge in [-0.2, -0.15) is 5.10 Å². The Balaban J connectivity index is 1.82. The van der Waals surface area contributed by atoms with Gasteiger partial charge in [-0.05, 0) is 42.5 Å². The van der Waals surface area contributed by atoms with Gasteiger partial charge >= 0.3 is 6.09 Å². The Morgan fingerprint density at radius 2 is 1.77 bits per heavy atom. The minimum absolute atomic E-state index is 0.0695. The number of carbonyl (C=O) groups excluding carboxylic acids is 1. The van der Waals surface area contributed by atoms with Crippen molar-refractivity contribution in [2.24, 2.45) is 11.0 Å². The van der Waals surface area contributed by atoms with Crippen LogP contribution in [-0.4, -0.2) is 25.0 Å². The van der Waals surface area contributed by atoms with E-state index in [1.807, 2.05) is 42.5 Å². The molecule has 2 atom stereocenters. The number of nitrogens with one attached hydrogen (secondary N) is 2. The lowest BCUT2D eigenvalue weighted by Crippen LogP contribution is -2.38. The lowest BCUT2D eigenvalue weighted by atomic mass is 9.77. The Bertz CT molecular complexity index is 951. The number of rotatable bonds is 3. The maximum Gasteiger partial charge on any atom is 0.407 e. The molecule has 6 nitrogen and oxygen atoms in total. The number of nitrogen functional groups attached to an aromatic ring is 1. The SMILES string of the molecule is CNC(=O)OC1CCCCCC2C(c3ccc(N)cc3)=NNC(c3ccccc3)=C12. The number of nitrogens with zero attached hydrogens (tertiary/aromatic N) is 1. The van der Waals surface area contributed by atoms with E-state index in [0.29, 0.717) is 0 Å². The molecule has 4 N–H and O–H groups in total. The fraction of sp³-hybridized carbons (Fsp3) is 0.333. The van der Waals surface area contributed by atoms with Crippen molar-refractivity contribution in [3.05, 3.63) is 71.3 Å². The number of hydrazone groups is 1.